The van der Waals surface area contributed by atoms with E-state index in [0.29, 0.717) is 11.6 Å². The van der Waals surface area contributed by atoms with Crippen molar-refractivity contribution in [1.82, 2.24) is 5.32 Å². The molecular formula is C16H13F3N2O3. The lowest BCUT2D eigenvalue weighted by Crippen LogP contribution is -2.36. The number of hydrogen-bond donors (Lipinski definition) is 3. The van der Waals surface area contributed by atoms with Gasteiger partial charge in [0.05, 0.1) is 12.2 Å². The van der Waals surface area contributed by atoms with Crippen LogP contribution in [0.4, 0.5) is 18.9 Å². The number of benzene rings is 2. The predicted molar refractivity (Wildman–Crippen MR) is 79.4 cm³/mol. The van der Waals surface area contributed by atoms with Crippen LogP contribution in [0, 0.1) is 17.5 Å². The molecule has 2 rings (SSSR count). The molecule has 0 aliphatic carbocycles. The van der Waals surface area contributed by atoms with Crippen LogP contribution in [0.1, 0.15) is 11.7 Å². The maximum absolute atomic E-state index is 13.4. The summed E-state index contributed by atoms with van der Waals surface area (Å²) in [4.78, 5) is 23.4. The van der Waals surface area contributed by atoms with Gasteiger partial charge in [0.1, 0.15) is 0 Å². The minimum atomic E-state index is -1.71. The largest absolute Gasteiger partial charge is 0.378 e. The van der Waals surface area contributed by atoms with Crippen molar-refractivity contribution in [3.8, 4) is 0 Å². The molecule has 0 aliphatic heterocycles. The SMILES string of the molecule is O=C(CNC(=O)C(O)c1ccccc1)Nc1ccc(F)c(F)c1F. The molecule has 0 heterocycles. The van der Waals surface area contributed by atoms with Crippen molar-refractivity contribution in [3.63, 3.8) is 0 Å². The summed E-state index contributed by atoms with van der Waals surface area (Å²) in [6.45, 7) is -0.582. The smallest absolute Gasteiger partial charge is 0.253 e. The van der Waals surface area contributed by atoms with Crippen LogP contribution in [-0.2, 0) is 9.59 Å². The third-order valence-corrected chi connectivity index (χ3v) is 3.10. The van der Waals surface area contributed by atoms with Gasteiger partial charge >= 0.3 is 0 Å². The molecule has 126 valence electrons. The fourth-order valence-corrected chi connectivity index (χ4v) is 1.87. The molecule has 0 spiro atoms. The Balaban J connectivity index is 1.92. The first-order valence-corrected chi connectivity index (χ1v) is 6.84. The highest BCUT2D eigenvalue weighted by Gasteiger charge is 2.19. The van der Waals surface area contributed by atoms with Crippen molar-refractivity contribution in [3.05, 3.63) is 65.5 Å². The van der Waals surface area contributed by atoms with Crippen LogP contribution in [0.25, 0.3) is 0 Å². The second kappa shape index (κ2) is 7.60. The van der Waals surface area contributed by atoms with Crippen LogP contribution in [-0.4, -0.2) is 23.5 Å². The Bertz CT molecular complexity index is 754. The maximum atomic E-state index is 13.4. The zero-order chi connectivity index (χ0) is 17.7. The summed E-state index contributed by atoms with van der Waals surface area (Å²) in [6.07, 6.45) is -1.47. The van der Waals surface area contributed by atoms with Gasteiger partial charge in [-0.25, -0.2) is 13.2 Å². The van der Waals surface area contributed by atoms with Crippen LogP contribution >= 0.6 is 0 Å². The molecule has 0 aromatic heterocycles. The first-order chi connectivity index (χ1) is 11.4. The van der Waals surface area contributed by atoms with E-state index in [-0.39, 0.29) is 0 Å². The molecule has 2 aromatic carbocycles. The van der Waals surface area contributed by atoms with Gasteiger partial charge in [0, 0.05) is 0 Å². The number of nitrogens with one attached hydrogen (secondary N) is 2. The summed E-state index contributed by atoms with van der Waals surface area (Å²) in [5.74, 6) is -6.34. The Labute approximate surface area is 135 Å². The van der Waals surface area contributed by atoms with Crippen molar-refractivity contribution in [2.24, 2.45) is 0 Å². The monoisotopic (exact) mass is 338 g/mol. The van der Waals surface area contributed by atoms with Crippen LogP contribution in [0.15, 0.2) is 42.5 Å². The average molecular weight is 338 g/mol. The molecule has 0 fully saturated rings. The van der Waals surface area contributed by atoms with Crippen LogP contribution < -0.4 is 10.6 Å². The van der Waals surface area contributed by atoms with E-state index in [1.165, 1.54) is 12.1 Å². The van der Waals surface area contributed by atoms with Gasteiger partial charge in [-0.2, -0.15) is 0 Å². The quantitative estimate of drug-likeness (QED) is 0.729. The molecule has 3 N–H and O–H groups in total. The maximum Gasteiger partial charge on any atom is 0.253 e. The van der Waals surface area contributed by atoms with Gasteiger partial charge in [-0.15, -0.1) is 0 Å². The highest BCUT2D eigenvalue weighted by Crippen LogP contribution is 2.19. The molecule has 0 saturated heterocycles. The third-order valence-electron chi connectivity index (χ3n) is 3.10. The van der Waals surface area contributed by atoms with Crippen LogP contribution in [0.2, 0.25) is 0 Å². The summed E-state index contributed by atoms with van der Waals surface area (Å²) < 4.78 is 39.2. The molecule has 0 radical (unpaired) electrons. The molecule has 0 bridgehead atoms. The Morgan fingerprint density at radius 2 is 1.67 bits per heavy atom. The fraction of sp³-hybridized carbons (Fsp3) is 0.125. The fourth-order valence-electron chi connectivity index (χ4n) is 1.87. The Morgan fingerprint density at radius 1 is 1.00 bits per heavy atom. The predicted octanol–water partition coefficient (Wildman–Crippen LogP) is 1.89. The number of halogens is 3. The first kappa shape index (κ1) is 17.5. The molecular weight excluding hydrogens is 325 g/mol. The molecule has 5 nitrogen and oxygen atoms in total. The van der Waals surface area contributed by atoms with Gasteiger partial charge in [-0.1, -0.05) is 30.3 Å². The highest BCUT2D eigenvalue weighted by atomic mass is 19.2. The molecule has 2 amide bonds. The molecule has 24 heavy (non-hydrogen) atoms. The number of rotatable bonds is 5. The number of hydrogen-bond acceptors (Lipinski definition) is 3. The van der Waals surface area contributed by atoms with Crippen molar-refractivity contribution >= 4 is 17.5 Å². The van der Waals surface area contributed by atoms with E-state index in [2.05, 4.69) is 5.32 Å². The van der Waals surface area contributed by atoms with Crippen molar-refractivity contribution < 1.29 is 27.9 Å². The van der Waals surface area contributed by atoms with E-state index in [0.717, 1.165) is 6.07 Å². The van der Waals surface area contributed by atoms with Gasteiger partial charge in [-0.05, 0) is 17.7 Å². The summed E-state index contributed by atoms with van der Waals surface area (Å²) in [5.41, 5.74) is -0.223. The average Bonchev–Trinajstić information content (AvgIpc) is 2.60. The summed E-state index contributed by atoms with van der Waals surface area (Å²) in [6, 6.07) is 9.53. The van der Waals surface area contributed by atoms with Gasteiger partial charge in [0.15, 0.2) is 23.6 Å². The lowest BCUT2D eigenvalue weighted by Gasteiger charge is -2.12. The first-order valence-electron chi connectivity index (χ1n) is 6.84. The zero-order valence-corrected chi connectivity index (χ0v) is 12.2. The summed E-state index contributed by atoms with van der Waals surface area (Å²) >= 11 is 0. The van der Waals surface area contributed by atoms with Gasteiger partial charge < -0.3 is 15.7 Å². The minimum absolute atomic E-state index is 0.335. The standard InChI is InChI=1S/C16H13F3N2O3/c17-10-6-7-11(14(19)13(10)18)21-12(22)8-20-16(24)15(23)9-4-2-1-3-5-9/h1-7,15,23H,8H2,(H,20,24)(H,21,22). The lowest BCUT2D eigenvalue weighted by molar-refractivity contribution is -0.131. The summed E-state index contributed by atoms with van der Waals surface area (Å²) in [5, 5.41) is 14.0. The van der Waals surface area contributed by atoms with Gasteiger partial charge in [0.25, 0.3) is 5.91 Å². The number of aliphatic hydroxyl groups is 1. The Kier molecular flexibility index (Phi) is 5.54. The Hall–Kier alpha value is -2.87. The number of amides is 2. The second-order valence-corrected chi connectivity index (χ2v) is 4.80. The van der Waals surface area contributed by atoms with Crippen molar-refractivity contribution in [1.29, 1.82) is 0 Å². The third kappa shape index (κ3) is 4.11. The molecule has 8 heteroatoms. The van der Waals surface area contributed by atoms with Crippen molar-refractivity contribution in [2.45, 2.75) is 6.10 Å². The van der Waals surface area contributed by atoms with Crippen molar-refractivity contribution in [2.75, 3.05) is 11.9 Å². The molecule has 0 saturated carbocycles. The van der Waals surface area contributed by atoms with E-state index in [4.69, 9.17) is 0 Å². The van der Waals surface area contributed by atoms with E-state index < -0.39 is 47.6 Å². The second-order valence-electron chi connectivity index (χ2n) is 4.80. The van der Waals surface area contributed by atoms with E-state index in [9.17, 15) is 27.9 Å². The zero-order valence-electron chi connectivity index (χ0n) is 12.2. The van der Waals surface area contributed by atoms with E-state index >= 15 is 0 Å². The van der Waals surface area contributed by atoms with Gasteiger partial charge in [-0.3, -0.25) is 9.59 Å². The van der Waals surface area contributed by atoms with E-state index in [1.807, 2.05) is 5.32 Å². The topological polar surface area (TPSA) is 78.4 Å². The van der Waals surface area contributed by atoms with Crippen LogP contribution in [0.5, 0.6) is 0 Å². The number of carbonyl (C=O) groups excluding carboxylic acids is 2. The molecule has 1 unspecified atom stereocenters. The normalized spacial score (nSPS) is 11.7. The minimum Gasteiger partial charge on any atom is -0.378 e. The lowest BCUT2D eigenvalue weighted by atomic mass is 10.1. The summed E-state index contributed by atoms with van der Waals surface area (Å²) in [7, 11) is 0. The number of carbonyl (C=O) groups is 2. The van der Waals surface area contributed by atoms with Gasteiger partial charge in [0.2, 0.25) is 5.91 Å². The van der Waals surface area contributed by atoms with Crippen LogP contribution in [0.3, 0.4) is 0 Å². The molecule has 0 aliphatic rings. The number of anilines is 1. The Morgan fingerprint density at radius 3 is 2.33 bits per heavy atom. The molecule has 2 aromatic rings. The van der Waals surface area contributed by atoms with E-state index in [1.54, 1.807) is 18.2 Å². The highest BCUT2D eigenvalue weighted by molar-refractivity contribution is 5.95. The molecule has 1 atom stereocenters. The number of aliphatic hydroxyl groups excluding tert-OH is 1.